The Morgan fingerprint density at radius 2 is 2.04 bits per heavy atom. The van der Waals surface area contributed by atoms with E-state index in [0.717, 1.165) is 6.42 Å². The lowest BCUT2D eigenvalue weighted by Gasteiger charge is -2.24. The first-order valence-electron chi connectivity index (χ1n) is 8.27. The zero-order valence-electron chi connectivity index (χ0n) is 14.2. The van der Waals surface area contributed by atoms with Gasteiger partial charge in [-0.1, -0.05) is 32.0 Å². The van der Waals surface area contributed by atoms with E-state index in [1.54, 1.807) is 48.3 Å². The van der Waals surface area contributed by atoms with E-state index in [0.29, 0.717) is 10.8 Å². The Morgan fingerprint density at radius 1 is 1.32 bits per heavy atom. The summed E-state index contributed by atoms with van der Waals surface area (Å²) >= 11 is 1.64. The van der Waals surface area contributed by atoms with Crippen molar-refractivity contribution in [2.45, 2.75) is 37.0 Å². The van der Waals surface area contributed by atoms with Gasteiger partial charge in [-0.15, -0.1) is 11.8 Å². The maximum Gasteiger partial charge on any atom is 0.350 e. The van der Waals surface area contributed by atoms with Gasteiger partial charge in [-0.05, 0) is 24.6 Å². The van der Waals surface area contributed by atoms with Crippen LogP contribution in [0.5, 0.6) is 0 Å². The van der Waals surface area contributed by atoms with Gasteiger partial charge in [-0.2, -0.15) is 4.98 Å². The minimum atomic E-state index is -0.429. The van der Waals surface area contributed by atoms with Crippen LogP contribution in [-0.2, 0) is 4.74 Å². The van der Waals surface area contributed by atoms with Crippen LogP contribution in [0.25, 0.3) is 0 Å². The van der Waals surface area contributed by atoms with Crippen LogP contribution in [-0.4, -0.2) is 26.9 Å². The first kappa shape index (κ1) is 17.5. The van der Waals surface area contributed by atoms with Crippen LogP contribution in [0.1, 0.15) is 36.0 Å². The molecule has 1 fully saturated rings. The number of carbonyl (C=O) groups is 1. The zero-order chi connectivity index (χ0) is 18.0. The Bertz CT molecular complexity index is 809. The predicted molar refractivity (Wildman–Crippen MR) is 98.4 cm³/mol. The van der Waals surface area contributed by atoms with Crippen molar-refractivity contribution in [2.24, 2.45) is 5.92 Å². The normalized spacial score (nSPS) is 25.7. The maximum atomic E-state index is 12.5. The highest BCUT2D eigenvalue weighted by Crippen LogP contribution is 2.47. The van der Waals surface area contributed by atoms with E-state index < -0.39 is 11.8 Å². The van der Waals surface area contributed by atoms with E-state index in [-0.39, 0.29) is 23.1 Å². The van der Waals surface area contributed by atoms with Crippen molar-refractivity contribution in [2.75, 3.05) is 5.73 Å². The van der Waals surface area contributed by atoms with Gasteiger partial charge in [0.1, 0.15) is 17.3 Å². The summed E-state index contributed by atoms with van der Waals surface area (Å²) < 4.78 is 7.33. The molecule has 1 aromatic carbocycles. The number of aromatic nitrogens is 2. The predicted octanol–water partition coefficient (Wildman–Crippen LogP) is 2.71. The molecule has 1 aliphatic heterocycles. The van der Waals surface area contributed by atoms with Crippen LogP contribution in [0.4, 0.5) is 5.82 Å². The number of hydrogen-bond donors (Lipinski definition) is 1. The summed E-state index contributed by atoms with van der Waals surface area (Å²) in [7, 11) is 0. The van der Waals surface area contributed by atoms with Gasteiger partial charge in [0.25, 0.3) is 0 Å². The van der Waals surface area contributed by atoms with Crippen LogP contribution in [0.15, 0.2) is 47.4 Å². The summed E-state index contributed by atoms with van der Waals surface area (Å²) in [6, 6.07) is 10.5. The fourth-order valence-corrected chi connectivity index (χ4v) is 4.80. The third-order valence-electron chi connectivity index (χ3n) is 4.48. The highest BCUT2D eigenvalue weighted by molar-refractivity contribution is 8.00. The second-order valence-corrected chi connectivity index (χ2v) is 7.47. The summed E-state index contributed by atoms with van der Waals surface area (Å²) in [6.45, 7) is 4.15. The second-order valence-electron chi connectivity index (χ2n) is 6.11. The molecule has 4 atom stereocenters. The SMILES string of the molecule is CC[C@H]1S[C@@H](n2ccc(N)nc2=O)[C@H](OC(=O)c2ccccc2)[C@@H]1C. The highest BCUT2D eigenvalue weighted by atomic mass is 32.2. The number of nitrogen functional groups attached to an aromatic ring is 1. The lowest BCUT2D eigenvalue weighted by Crippen LogP contribution is -2.35. The Hall–Kier alpha value is -2.28. The molecule has 2 aromatic rings. The number of benzene rings is 1. The molecule has 0 unspecified atom stereocenters. The number of carbonyl (C=O) groups excluding carboxylic acids is 1. The maximum absolute atomic E-state index is 12.5. The Morgan fingerprint density at radius 3 is 2.68 bits per heavy atom. The number of nitrogens with zero attached hydrogens (tertiary/aromatic N) is 2. The topological polar surface area (TPSA) is 87.2 Å². The van der Waals surface area contributed by atoms with Crippen molar-refractivity contribution in [1.82, 2.24) is 9.55 Å². The lowest BCUT2D eigenvalue weighted by molar-refractivity contribution is 0.0128. The average Bonchev–Trinajstić information content (AvgIpc) is 2.92. The van der Waals surface area contributed by atoms with Crippen LogP contribution in [0, 0.1) is 5.92 Å². The van der Waals surface area contributed by atoms with E-state index in [1.165, 1.54) is 4.57 Å². The summed E-state index contributed by atoms with van der Waals surface area (Å²) in [6.07, 6.45) is 2.14. The smallest absolute Gasteiger partial charge is 0.350 e. The molecule has 1 saturated heterocycles. The third-order valence-corrected chi connectivity index (χ3v) is 6.37. The van der Waals surface area contributed by atoms with Gasteiger partial charge in [-0.3, -0.25) is 4.57 Å². The lowest BCUT2D eigenvalue weighted by atomic mass is 9.99. The van der Waals surface area contributed by atoms with E-state index >= 15 is 0 Å². The van der Waals surface area contributed by atoms with Gasteiger partial charge >= 0.3 is 11.7 Å². The zero-order valence-corrected chi connectivity index (χ0v) is 15.0. The number of nitrogens with two attached hydrogens (primary N) is 1. The molecule has 0 saturated carbocycles. The molecule has 0 amide bonds. The number of ether oxygens (including phenoxy) is 1. The fraction of sp³-hybridized carbons (Fsp3) is 0.389. The Labute approximate surface area is 150 Å². The number of esters is 1. The van der Waals surface area contributed by atoms with Gasteiger partial charge in [-0.25, -0.2) is 9.59 Å². The van der Waals surface area contributed by atoms with E-state index in [4.69, 9.17) is 10.5 Å². The molecule has 7 heteroatoms. The highest BCUT2D eigenvalue weighted by Gasteiger charge is 2.44. The van der Waals surface area contributed by atoms with E-state index in [1.807, 2.05) is 6.07 Å². The molecule has 0 radical (unpaired) electrons. The van der Waals surface area contributed by atoms with Crippen molar-refractivity contribution >= 4 is 23.5 Å². The van der Waals surface area contributed by atoms with Crippen molar-refractivity contribution in [3.63, 3.8) is 0 Å². The quantitative estimate of drug-likeness (QED) is 0.845. The number of hydrogen-bond acceptors (Lipinski definition) is 6. The molecule has 3 rings (SSSR count). The van der Waals surface area contributed by atoms with E-state index in [2.05, 4.69) is 18.8 Å². The molecule has 0 aliphatic carbocycles. The van der Waals surface area contributed by atoms with Crippen molar-refractivity contribution < 1.29 is 9.53 Å². The number of rotatable bonds is 4. The summed E-state index contributed by atoms with van der Waals surface area (Å²) in [5.41, 5.74) is 5.65. The number of thioether (sulfide) groups is 1. The van der Waals surface area contributed by atoms with Crippen LogP contribution < -0.4 is 11.4 Å². The summed E-state index contributed by atoms with van der Waals surface area (Å²) in [5.74, 6) is -0.0736. The third kappa shape index (κ3) is 3.56. The largest absolute Gasteiger partial charge is 0.455 e. The van der Waals surface area contributed by atoms with E-state index in [9.17, 15) is 9.59 Å². The number of anilines is 1. The van der Waals surface area contributed by atoms with Gasteiger partial charge in [0, 0.05) is 17.4 Å². The van der Waals surface area contributed by atoms with Crippen LogP contribution in [0.2, 0.25) is 0 Å². The fourth-order valence-electron chi connectivity index (χ4n) is 3.09. The van der Waals surface area contributed by atoms with Crippen LogP contribution >= 0.6 is 11.8 Å². The monoisotopic (exact) mass is 359 g/mol. The molecule has 6 nitrogen and oxygen atoms in total. The molecule has 1 aliphatic rings. The van der Waals surface area contributed by atoms with Gasteiger partial charge in [0.2, 0.25) is 0 Å². The molecule has 25 heavy (non-hydrogen) atoms. The molecular weight excluding hydrogens is 338 g/mol. The molecule has 132 valence electrons. The molecule has 0 bridgehead atoms. The molecule has 2 N–H and O–H groups in total. The first-order chi connectivity index (χ1) is 12.0. The average molecular weight is 359 g/mol. The summed E-state index contributed by atoms with van der Waals surface area (Å²) in [4.78, 5) is 28.5. The minimum absolute atomic E-state index is 0.122. The van der Waals surface area contributed by atoms with Gasteiger partial charge < -0.3 is 10.5 Å². The van der Waals surface area contributed by atoms with Crippen molar-refractivity contribution in [3.8, 4) is 0 Å². The standard InChI is InChI=1S/C18H21N3O3S/c1-3-13-11(2)15(24-17(22)12-7-5-4-6-8-12)16(25-13)21-10-9-14(19)20-18(21)23/h4-11,13,15-16H,3H2,1-2H3,(H2,19,20,23)/t11-,13-,15-,16-/m1/s1. The summed E-state index contributed by atoms with van der Waals surface area (Å²) in [5, 5.41) is -0.0174. The van der Waals surface area contributed by atoms with Gasteiger partial charge in [0.05, 0.1) is 5.56 Å². The molecule has 1 aromatic heterocycles. The van der Waals surface area contributed by atoms with Gasteiger partial charge in [0.15, 0.2) is 0 Å². The van der Waals surface area contributed by atoms with Crippen molar-refractivity contribution in [3.05, 3.63) is 58.6 Å². The molecular formula is C18H21N3O3S. The van der Waals surface area contributed by atoms with Crippen LogP contribution in [0.3, 0.4) is 0 Å². The second kappa shape index (κ2) is 7.31. The van der Waals surface area contributed by atoms with Crippen molar-refractivity contribution in [1.29, 1.82) is 0 Å². The Kier molecular flexibility index (Phi) is 5.13. The Balaban J connectivity index is 1.90. The molecule has 0 spiro atoms. The minimum Gasteiger partial charge on any atom is -0.455 e. The molecule has 2 heterocycles. The first-order valence-corrected chi connectivity index (χ1v) is 9.21.